The number of hydrogen-bond acceptors (Lipinski definition) is 8. The summed E-state index contributed by atoms with van der Waals surface area (Å²) in [7, 11) is -2.17. The van der Waals surface area contributed by atoms with E-state index in [1.54, 1.807) is 12.1 Å². The van der Waals surface area contributed by atoms with E-state index in [1.807, 2.05) is 0 Å². The van der Waals surface area contributed by atoms with Crippen molar-refractivity contribution in [1.29, 1.82) is 0 Å². The van der Waals surface area contributed by atoms with E-state index < -0.39 is 40.1 Å². The van der Waals surface area contributed by atoms with Crippen molar-refractivity contribution < 1.29 is 37.5 Å². The summed E-state index contributed by atoms with van der Waals surface area (Å²) in [4.78, 5) is 50.0. The number of rotatable bonds is 11. The van der Waals surface area contributed by atoms with Crippen LogP contribution in [0, 0.1) is 0 Å². The number of ether oxygens (including phenoxy) is 2. The molecular weight excluding hydrogens is 618 g/mol. The summed E-state index contributed by atoms with van der Waals surface area (Å²) >= 11 is 6.98. The highest BCUT2D eigenvalue weighted by Crippen LogP contribution is 2.46. The maximum Gasteiger partial charge on any atom is 0.341 e. The number of ketones is 2. The lowest BCUT2D eigenvalue weighted by Crippen LogP contribution is -2.45. The van der Waals surface area contributed by atoms with E-state index in [4.69, 9.17) is 29.9 Å². The van der Waals surface area contributed by atoms with E-state index in [-0.39, 0.29) is 38.5 Å². The topological polar surface area (TPSA) is 117 Å². The largest absolute Gasteiger partial charge is 0.543 e. The molecule has 1 N–H and O–H groups in total. The minimum absolute atomic E-state index is 0.0986. The van der Waals surface area contributed by atoms with Crippen molar-refractivity contribution in [3.05, 3.63) is 58.0 Å². The predicted octanol–water partition coefficient (Wildman–Crippen LogP) is 7.07. The average Bonchev–Trinajstić information content (AvgIpc) is 2.88. The molecule has 1 aliphatic rings. The van der Waals surface area contributed by atoms with E-state index in [2.05, 4.69) is 73.0 Å². The Hall–Kier alpha value is -3.16. The molecule has 0 heterocycles. The third kappa shape index (κ3) is 8.73. The van der Waals surface area contributed by atoms with Gasteiger partial charge in [0.05, 0.1) is 24.9 Å². The first-order valence-corrected chi connectivity index (χ1v) is 20.6. The lowest BCUT2D eigenvalue weighted by Gasteiger charge is -2.39. The fraction of sp³-hybridized carbons (Fsp3) is 0.500. The van der Waals surface area contributed by atoms with Crippen LogP contribution in [-0.4, -0.2) is 54.3 Å². The van der Waals surface area contributed by atoms with Crippen molar-refractivity contribution in [3.63, 3.8) is 0 Å². The van der Waals surface area contributed by atoms with Gasteiger partial charge in [0.1, 0.15) is 17.1 Å². The molecular formula is C32H46ClNO8Si2. The van der Waals surface area contributed by atoms with Crippen LogP contribution in [0.4, 0.5) is 0 Å². The van der Waals surface area contributed by atoms with Gasteiger partial charge in [-0.05, 0) is 60.7 Å². The molecule has 0 spiro atoms. The van der Waals surface area contributed by atoms with Gasteiger partial charge in [-0.1, -0.05) is 59.2 Å². The summed E-state index contributed by atoms with van der Waals surface area (Å²) in [6, 6.07) is 1.71. The molecule has 0 radical (unpaired) electrons. The molecule has 242 valence electrons. The van der Waals surface area contributed by atoms with Crippen LogP contribution in [0.5, 0.6) is 11.5 Å². The Morgan fingerprint density at radius 3 is 1.93 bits per heavy atom. The Balaban J connectivity index is 2.49. The Bertz CT molecular complexity index is 1410. The maximum absolute atomic E-state index is 13.2. The van der Waals surface area contributed by atoms with Crippen LogP contribution in [0.25, 0.3) is 0 Å². The van der Waals surface area contributed by atoms with Gasteiger partial charge in [0.2, 0.25) is 17.5 Å². The quantitative estimate of drug-likeness (QED) is 0.116. The second-order valence-electron chi connectivity index (χ2n) is 13.7. The van der Waals surface area contributed by atoms with Gasteiger partial charge in [0, 0.05) is 18.2 Å². The highest BCUT2D eigenvalue weighted by atomic mass is 35.5. The minimum Gasteiger partial charge on any atom is -0.543 e. The van der Waals surface area contributed by atoms with Crippen molar-refractivity contribution in [1.82, 2.24) is 5.32 Å². The van der Waals surface area contributed by atoms with Crippen LogP contribution in [0.15, 0.2) is 41.8 Å². The number of benzene rings is 1. The van der Waals surface area contributed by atoms with Crippen molar-refractivity contribution in [2.75, 3.05) is 14.2 Å². The van der Waals surface area contributed by atoms with Gasteiger partial charge < -0.3 is 23.6 Å². The number of nitrogens with one attached hydrogen (secondary N) is 1. The zero-order valence-corrected chi connectivity index (χ0v) is 30.7. The molecule has 44 heavy (non-hydrogen) atoms. The standard InChI is InChI=1S/C32H46ClNO8Si2/c1-31(2,3)43(9,10)41-25-19-26(42-44(11,12)32(4,5)6)29(33)20(28(25)30(38)40-8)15-13-14-16-27(37)34-21-17-23(36)24(39-7)18-22(21)35/h14,16-19H,13,15H2,1-12H3,(H,34,37)/b16-14+. The maximum atomic E-state index is 13.2. The molecule has 9 nitrogen and oxygen atoms in total. The molecule has 0 aliphatic heterocycles. The lowest BCUT2D eigenvalue weighted by atomic mass is 10.0. The fourth-order valence-corrected chi connectivity index (χ4v) is 6.00. The van der Waals surface area contributed by atoms with Gasteiger partial charge in [-0.2, -0.15) is 0 Å². The Kier molecular flexibility index (Phi) is 11.7. The van der Waals surface area contributed by atoms with Crippen LogP contribution in [0.2, 0.25) is 41.3 Å². The summed E-state index contributed by atoms with van der Waals surface area (Å²) in [5, 5.41) is 2.44. The summed E-state index contributed by atoms with van der Waals surface area (Å²) < 4.78 is 23.3. The first-order chi connectivity index (χ1) is 20.1. The van der Waals surface area contributed by atoms with Crippen molar-refractivity contribution in [3.8, 4) is 11.5 Å². The van der Waals surface area contributed by atoms with E-state index in [0.717, 1.165) is 12.2 Å². The number of carbonyl (C=O) groups is 4. The zero-order valence-electron chi connectivity index (χ0n) is 27.9. The summed E-state index contributed by atoms with van der Waals surface area (Å²) in [5.74, 6) is -1.56. The van der Waals surface area contributed by atoms with Crippen molar-refractivity contribution >= 4 is 51.7 Å². The second kappa shape index (κ2) is 13.9. The molecule has 0 saturated carbocycles. The molecule has 1 aliphatic carbocycles. The number of carbonyl (C=O) groups excluding carboxylic acids is 4. The van der Waals surface area contributed by atoms with Crippen LogP contribution in [0.3, 0.4) is 0 Å². The number of amides is 1. The van der Waals surface area contributed by atoms with Crippen LogP contribution in [0.1, 0.15) is 63.9 Å². The third-order valence-electron chi connectivity index (χ3n) is 8.38. The average molecular weight is 664 g/mol. The zero-order chi connectivity index (χ0) is 33.8. The smallest absolute Gasteiger partial charge is 0.341 e. The first kappa shape index (κ1) is 37.0. The normalized spacial score (nSPS) is 14.7. The number of hydrogen-bond donors (Lipinski definition) is 1. The SMILES string of the molecule is COC(=O)c1c(O[Si](C)(C)C(C)(C)C)cc(O[Si](C)(C)C(C)(C)C)c(Cl)c1CC/C=C/C(=O)NC1=CC(=O)C(OC)=CC1=O. The number of esters is 1. The number of allylic oxidation sites excluding steroid dienone is 3. The molecule has 1 aromatic carbocycles. The number of halogens is 1. The molecule has 1 amide bonds. The van der Waals surface area contributed by atoms with E-state index in [0.29, 0.717) is 23.5 Å². The Labute approximate surface area is 268 Å². The first-order valence-electron chi connectivity index (χ1n) is 14.4. The van der Waals surface area contributed by atoms with Gasteiger partial charge in [-0.3, -0.25) is 14.4 Å². The fourth-order valence-electron chi connectivity index (χ4n) is 3.62. The van der Waals surface area contributed by atoms with Gasteiger partial charge in [0.15, 0.2) is 5.76 Å². The molecule has 1 aromatic rings. The summed E-state index contributed by atoms with van der Waals surface area (Å²) in [5.41, 5.74) is 0.561. The van der Waals surface area contributed by atoms with Crippen molar-refractivity contribution in [2.24, 2.45) is 0 Å². The van der Waals surface area contributed by atoms with Gasteiger partial charge in [-0.15, -0.1) is 0 Å². The Morgan fingerprint density at radius 2 is 1.43 bits per heavy atom. The number of methoxy groups -OCH3 is 2. The Morgan fingerprint density at radius 1 is 0.886 bits per heavy atom. The summed E-state index contributed by atoms with van der Waals surface area (Å²) in [6.07, 6.45) is 5.46. The monoisotopic (exact) mass is 663 g/mol. The minimum atomic E-state index is -2.42. The van der Waals surface area contributed by atoms with Crippen LogP contribution >= 0.6 is 11.6 Å². The highest BCUT2D eigenvalue weighted by Gasteiger charge is 2.42. The van der Waals surface area contributed by atoms with Gasteiger partial charge in [-0.25, -0.2) is 4.79 Å². The van der Waals surface area contributed by atoms with Crippen LogP contribution in [-0.2, 0) is 30.3 Å². The van der Waals surface area contributed by atoms with Gasteiger partial charge >= 0.3 is 5.97 Å². The summed E-state index contributed by atoms with van der Waals surface area (Å²) in [6.45, 7) is 21.1. The lowest BCUT2D eigenvalue weighted by molar-refractivity contribution is -0.119. The second-order valence-corrected chi connectivity index (χ2v) is 23.5. The molecule has 0 bridgehead atoms. The molecule has 0 aromatic heterocycles. The highest BCUT2D eigenvalue weighted by molar-refractivity contribution is 6.75. The predicted molar refractivity (Wildman–Crippen MR) is 177 cm³/mol. The van der Waals surface area contributed by atoms with E-state index in [1.165, 1.54) is 20.3 Å². The molecule has 0 atom stereocenters. The molecule has 0 unspecified atom stereocenters. The molecule has 12 heteroatoms. The van der Waals surface area contributed by atoms with Gasteiger partial charge in [0.25, 0.3) is 16.6 Å². The molecule has 0 fully saturated rings. The van der Waals surface area contributed by atoms with Crippen molar-refractivity contribution in [2.45, 2.75) is 90.6 Å². The molecule has 2 rings (SSSR count). The van der Waals surface area contributed by atoms with E-state index in [9.17, 15) is 19.2 Å². The third-order valence-corrected chi connectivity index (χ3v) is 17.5. The van der Waals surface area contributed by atoms with E-state index >= 15 is 0 Å². The molecule has 0 saturated heterocycles. The van der Waals surface area contributed by atoms with Crippen LogP contribution < -0.4 is 14.2 Å².